The monoisotopic (exact) mass is 280 g/mol. The summed E-state index contributed by atoms with van der Waals surface area (Å²) in [5.74, 6) is 0.419. The van der Waals surface area contributed by atoms with Crippen LogP contribution in [0.2, 0.25) is 0 Å². The summed E-state index contributed by atoms with van der Waals surface area (Å²) in [6.45, 7) is 4.23. The molecule has 1 aliphatic rings. The fourth-order valence-electron chi connectivity index (χ4n) is 3.05. The first-order valence-electron chi connectivity index (χ1n) is 6.46. The normalized spacial score (nSPS) is 31.9. The summed E-state index contributed by atoms with van der Waals surface area (Å²) >= 11 is 11.6. The molecule has 0 amide bonds. The lowest BCUT2D eigenvalue weighted by Crippen LogP contribution is -2.42. The molecule has 1 saturated carbocycles. The number of halogens is 2. The van der Waals surface area contributed by atoms with Gasteiger partial charge < -0.3 is 5.11 Å². The molecule has 0 bridgehead atoms. The van der Waals surface area contributed by atoms with Crippen molar-refractivity contribution in [1.29, 1.82) is 0 Å². The quantitative estimate of drug-likeness (QED) is 0.782. The summed E-state index contributed by atoms with van der Waals surface area (Å²) < 4.78 is 0. The molecule has 0 aromatic heterocycles. The minimum Gasteiger partial charge on any atom is -0.393 e. The Morgan fingerprint density at radius 2 is 2.12 bits per heavy atom. The van der Waals surface area contributed by atoms with E-state index in [9.17, 15) is 9.90 Å². The van der Waals surface area contributed by atoms with Crippen molar-refractivity contribution in [2.24, 2.45) is 17.8 Å². The third-order valence-corrected chi connectivity index (χ3v) is 4.20. The van der Waals surface area contributed by atoms with E-state index in [2.05, 4.69) is 13.8 Å². The van der Waals surface area contributed by atoms with E-state index in [4.69, 9.17) is 23.2 Å². The first-order chi connectivity index (χ1) is 7.97. The second-order valence-electron chi connectivity index (χ2n) is 5.15. The van der Waals surface area contributed by atoms with Crippen LogP contribution in [-0.4, -0.2) is 21.8 Å². The van der Waals surface area contributed by atoms with Crippen molar-refractivity contribution in [1.82, 2.24) is 0 Å². The van der Waals surface area contributed by atoms with Crippen LogP contribution in [0.4, 0.5) is 0 Å². The van der Waals surface area contributed by atoms with E-state index in [0.29, 0.717) is 25.2 Å². The molecule has 0 aliphatic heterocycles. The average molecular weight is 281 g/mol. The predicted octanol–water partition coefficient (Wildman–Crippen LogP) is 3.57. The van der Waals surface area contributed by atoms with Crippen molar-refractivity contribution in [2.75, 3.05) is 0 Å². The first-order valence-corrected chi connectivity index (χ1v) is 7.33. The van der Waals surface area contributed by atoms with Gasteiger partial charge in [-0.2, -0.15) is 0 Å². The van der Waals surface area contributed by atoms with Gasteiger partial charge in [-0.3, -0.25) is 4.79 Å². The van der Waals surface area contributed by atoms with Crippen LogP contribution in [0, 0.1) is 17.8 Å². The summed E-state index contributed by atoms with van der Waals surface area (Å²) in [5, 5.41) is 10.1. The van der Waals surface area contributed by atoms with E-state index >= 15 is 0 Å². The minimum atomic E-state index is -0.523. The number of rotatable bonds is 5. The fraction of sp³-hybridized carbons (Fsp3) is 0.923. The number of hydrogen-bond acceptors (Lipinski definition) is 2. The Morgan fingerprint density at radius 1 is 1.47 bits per heavy atom. The van der Waals surface area contributed by atoms with Crippen molar-refractivity contribution >= 4 is 29.0 Å². The van der Waals surface area contributed by atoms with Crippen molar-refractivity contribution in [2.45, 2.75) is 56.9 Å². The molecular weight excluding hydrogens is 259 g/mol. The molecule has 17 heavy (non-hydrogen) atoms. The number of carbonyl (C=O) groups excluding carboxylic acids is 1. The fourth-order valence-corrected chi connectivity index (χ4v) is 3.44. The molecule has 100 valence electrons. The number of hydrogen-bond donors (Lipinski definition) is 1. The largest absolute Gasteiger partial charge is 0.393 e. The molecule has 0 aromatic carbocycles. The molecule has 0 saturated heterocycles. The Kier molecular flexibility index (Phi) is 6.25. The van der Waals surface area contributed by atoms with Gasteiger partial charge in [0.1, 0.15) is 10.6 Å². The second-order valence-corrected chi connectivity index (χ2v) is 6.43. The molecule has 1 fully saturated rings. The van der Waals surface area contributed by atoms with Crippen molar-refractivity contribution in [3.05, 3.63) is 0 Å². The zero-order valence-electron chi connectivity index (χ0n) is 10.5. The van der Waals surface area contributed by atoms with Crippen LogP contribution < -0.4 is 0 Å². The lowest BCUT2D eigenvalue weighted by molar-refractivity contribution is -0.133. The van der Waals surface area contributed by atoms with E-state index < -0.39 is 4.84 Å². The molecule has 2 nitrogen and oxygen atoms in total. The zero-order chi connectivity index (χ0) is 13.0. The van der Waals surface area contributed by atoms with Crippen molar-refractivity contribution in [3.63, 3.8) is 0 Å². The Labute approximate surface area is 114 Å². The first kappa shape index (κ1) is 15.3. The summed E-state index contributed by atoms with van der Waals surface area (Å²) in [7, 11) is 0. The molecule has 0 heterocycles. The third kappa shape index (κ3) is 4.11. The van der Waals surface area contributed by atoms with E-state index in [1.807, 2.05) is 0 Å². The third-order valence-electron chi connectivity index (χ3n) is 3.84. The maximum absolute atomic E-state index is 12.0. The number of ketones is 1. The smallest absolute Gasteiger partial charge is 0.136 e. The van der Waals surface area contributed by atoms with Crippen LogP contribution in [-0.2, 0) is 4.79 Å². The SMILES string of the molecule is CCCC(C)C1C(O)CCC(=O)C1CC(Cl)Cl. The van der Waals surface area contributed by atoms with Crippen LogP contribution >= 0.6 is 23.2 Å². The summed E-state index contributed by atoms with van der Waals surface area (Å²) in [6.07, 6.45) is 3.23. The van der Waals surface area contributed by atoms with Crippen LogP contribution in [0.3, 0.4) is 0 Å². The Bertz CT molecular complexity index is 256. The van der Waals surface area contributed by atoms with Gasteiger partial charge in [0.15, 0.2) is 0 Å². The van der Waals surface area contributed by atoms with Gasteiger partial charge in [-0.1, -0.05) is 26.7 Å². The van der Waals surface area contributed by atoms with Gasteiger partial charge in [0, 0.05) is 12.3 Å². The Balaban J connectivity index is 2.79. The average Bonchev–Trinajstić information content (AvgIpc) is 2.23. The Hall–Kier alpha value is 0.210. The summed E-state index contributed by atoms with van der Waals surface area (Å²) in [4.78, 5) is 11.4. The molecule has 4 heteroatoms. The summed E-state index contributed by atoms with van der Waals surface area (Å²) in [6, 6.07) is 0. The Morgan fingerprint density at radius 3 is 2.65 bits per heavy atom. The highest BCUT2D eigenvalue weighted by Crippen LogP contribution is 2.38. The van der Waals surface area contributed by atoms with Gasteiger partial charge in [-0.05, 0) is 24.7 Å². The van der Waals surface area contributed by atoms with E-state index in [1.54, 1.807) is 0 Å². The van der Waals surface area contributed by atoms with Gasteiger partial charge in [0.2, 0.25) is 0 Å². The van der Waals surface area contributed by atoms with Gasteiger partial charge in [-0.25, -0.2) is 0 Å². The topological polar surface area (TPSA) is 37.3 Å². The number of alkyl halides is 2. The summed E-state index contributed by atoms with van der Waals surface area (Å²) in [5.41, 5.74) is 0. The minimum absolute atomic E-state index is 0.0243. The van der Waals surface area contributed by atoms with Crippen LogP contribution in [0.15, 0.2) is 0 Å². The molecule has 0 radical (unpaired) electrons. The molecular formula is C13H22Cl2O2. The van der Waals surface area contributed by atoms with Crippen LogP contribution in [0.1, 0.15) is 46.0 Å². The zero-order valence-corrected chi connectivity index (χ0v) is 12.0. The molecule has 4 unspecified atom stereocenters. The van der Waals surface area contributed by atoms with Crippen LogP contribution in [0.25, 0.3) is 0 Å². The highest BCUT2D eigenvalue weighted by atomic mass is 35.5. The molecule has 0 aromatic rings. The molecule has 1 rings (SSSR count). The number of Topliss-reactive ketones (excluding diaryl/α,β-unsaturated/α-hetero) is 1. The highest BCUT2D eigenvalue weighted by Gasteiger charge is 2.40. The van der Waals surface area contributed by atoms with E-state index in [0.717, 1.165) is 12.8 Å². The van der Waals surface area contributed by atoms with Gasteiger partial charge in [0.25, 0.3) is 0 Å². The number of aliphatic hydroxyl groups excluding tert-OH is 1. The lowest BCUT2D eigenvalue weighted by atomic mass is 9.68. The molecule has 1 N–H and O–H groups in total. The number of carbonyl (C=O) groups is 1. The predicted molar refractivity (Wildman–Crippen MR) is 71.4 cm³/mol. The second kappa shape index (κ2) is 6.96. The molecule has 1 aliphatic carbocycles. The maximum atomic E-state index is 12.0. The van der Waals surface area contributed by atoms with E-state index in [1.165, 1.54) is 0 Å². The van der Waals surface area contributed by atoms with Crippen molar-refractivity contribution in [3.8, 4) is 0 Å². The number of aliphatic hydroxyl groups is 1. The maximum Gasteiger partial charge on any atom is 0.136 e. The lowest BCUT2D eigenvalue weighted by Gasteiger charge is -2.38. The molecule has 0 spiro atoms. The van der Waals surface area contributed by atoms with Gasteiger partial charge in [-0.15, -0.1) is 23.2 Å². The van der Waals surface area contributed by atoms with Crippen molar-refractivity contribution < 1.29 is 9.90 Å². The highest BCUT2D eigenvalue weighted by molar-refractivity contribution is 6.44. The van der Waals surface area contributed by atoms with Gasteiger partial charge in [0.05, 0.1) is 6.10 Å². The van der Waals surface area contributed by atoms with Crippen LogP contribution in [0.5, 0.6) is 0 Å². The standard InChI is InChI=1S/C13H22Cl2O2/c1-3-4-8(2)13-9(7-12(14)15)10(16)5-6-11(13)17/h8-9,11-13,17H,3-7H2,1-2H3. The van der Waals surface area contributed by atoms with Gasteiger partial charge >= 0.3 is 0 Å². The molecule has 4 atom stereocenters. The van der Waals surface area contributed by atoms with E-state index in [-0.39, 0.29) is 23.7 Å².